The number of aryl methyl sites for hydroxylation is 1. The van der Waals surface area contributed by atoms with Gasteiger partial charge in [0, 0.05) is 18.5 Å². The van der Waals surface area contributed by atoms with Crippen molar-refractivity contribution in [3.05, 3.63) is 48.0 Å². The maximum absolute atomic E-state index is 6.37. The molecule has 1 atom stereocenters. The zero-order valence-corrected chi connectivity index (χ0v) is 10.3. The van der Waals surface area contributed by atoms with Crippen molar-refractivity contribution < 1.29 is 0 Å². The molecule has 0 aliphatic rings. The molecule has 1 aromatic carbocycles. The minimum Gasteiger partial charge on any atom is -0.321 e. The molecule has 1 unspecified atom stereocenters. The summed E-state index contributed by atoms with van der Waals surface area (Å²) in [6.45, 7) is 4.89. The molecule has 2 N–H and O–H groups in total. The topological polar surface area (TPSA) is 56.7 Å². The molecule has 0 saturated carbocycles. The first-order chi connectivity index (χ1) is 8.13. The van der Waals surface area contributed by atoms with E-state index in [4.69, 9.17) is 5.73 Å². The summed E-state index contributed by atoms with van der Waals surface area (Å²) in [7, 11) is 0. The number of rotatable bonds is 4. The molecule has 0 aliphatic carbocycles. The Hall–Kier alpha value is -1.68. The van der Waals surface area contributed by atoms with Crippen molar-refractivity contribution in [2.75, 3.05) is 0 Å². The van der Waals surface area contributed by atoms with E-state index >= 15 is 0 Å². The van der Waals surface area contributed by atoms with E-state index < -0.39 is 5.54 Å². The predicted molar refractivity (Wildman–Crippen MR) is 67.4 cm³/mol. The zero-order valence-electron chi connectivity index (χ0n) is 10.3. The van der Waals surface area contributed by atoms with Crippen molar-refractivity contribution in [1.82, 2.24) is 14.8 Å². The van der Waals surface area contributed by atoms with E-state index in [0.717, 1.165) is 17.9 Å². The summed E-state index contributed by atoms with van der Waals surface area (Å²) in [5.41, 5.74) is 7.07. The molecule has 2 aromatic rings. The molecule has 1 aromatic heterocycles. The molecule has 0 bridgehead atoms. The van der Waals surface area contributed by atoms with Crippen molar-refractivity contribution >= 4 is 0 Å². The van der Waals surface area contributed by atoms with Crippen LogP contribution in [0.25, 0.3) is 0 Å². The van der Waals surface area contributed by atoms with Gasteiger partial charge in [0.05, 0.1) is 0 Å². The van der Waals surface area contributed by atoms with E-state index in [1.54, 1.807) is 6.33 Å². The van der Waals surface area contributed by atoms with E-state index in [-0.39, 0.29) is 0 Å². The minimum atomic E-state index is -0.415. The van der Waals surface area contributed by atoms with Gasteiger partial charge in [-0.3, -0.25) is 4.68 Å². The van der Waals surface area contributed by atoms with Crippen LogP contribution in [0.3, 0.4) is 0 Å². The Labute approximate surface area is 101 Å². The van der Waals surface area contributed by atoms with E-state index in [0.29, 0.717) is 6.42 Å². The van der Waals surface area contributed by atoms with Gasteiger partial charge in [-0.05, 0) is 19.4 Å². The highest BCUT2D eigenvalue weighted by molar-refractivity contribution is 5.24. The fourth-order valence-electron chi connectivity index (χ4n) is 1.94. The quantitative estimate of drug-likeness (QED) is 0.870. The molecule has 90 valence electrons. The molecule has 0 aliphatic heterocycles. The first kappa shape index (κ1) is 11.8. The Bertz CT molecular complexity index is 473. The fraction of sp³-hybridized carbons (Fsp3) is 0.385. The maximum atomic E-state index is 6.37. The lowest BCUT2D eigenvalue weighted by atomic mass is 9.89. The van der Waals surface area contributed by atoms with Gasteiger partial charge in [0.2, 0.25) is 0 Å². The maximum Gasteiger partial charge on any atom is 0.138 e. The average molecular weight is 230 g/mol. The highest BCUT2D eigenvalue weighted by atomic mass is 15.3. The van der Waals surface area contributed by atoms with Crippen LogP contribution in [0.5, 0.6) is 0 Å². The lowest BCUT2D eigenvalue weighted by Crippen LogP contribution is -2.36. The molecular weight excluding hydrogens is 212 g/mol. The third-order valence-corrected chi connectivity index (χ3v) is 2.95. The molecule has 0 saturated heterocycles. The Balaban J connectivity index is 2.23. The van der Waals surface area contributed by atoms with Crippen LogP contribution in [0, 0.1) is 0 Å². The molecular formula is C13H18N4. The Kier molecular flexibility index (Phi) is 3.24. The van der Waals surface area contributed by atoms with Crippen molar-refractivity contribution in [2.24, 2.45) is 5.73 Å². The van der Waals surface area contributed by atoms with Crippen LogP contribution in [0.2, 0.25) is 0 Å². The third kappa shape index (κ3) is 2.53. The van der Waals surface area contributed by atoms with Gasteiger partial charge in [-0.15, -0.1) is 0 Å². The summed E-state index contributed by atoms with van der Waals surface area (Å²) in [6, 6.07) is 10.1. The largest absolute Gasteiger partial charge is 0.321 e. The Morgan fingerprint density at radius 3 is 2.65 bits per heavy atom. The van der Waals surface area contributed by atoms with Crippen molar-refractivity contribution in [1.29, 1.82) is 0 Å². The third-order valence-electron chi connectivity index (χ3n) is 2.95. The molecule has 17 heavy (non-hydrogen) atoms. The standard InChI is InChI=1S/C13H18N4/c1-3-17-12(15-10-16-17)9-13(2,14)11-7-5-4-6-8-11/h4-8,10H,3,9,14H2,1-2H3. The number of hydrogen-bond acceptors (Lipinski definition) is 3. The first-order valence-electron chi connectivity index (χ1n) is 5.84. The van der Waals surface area contributed by atoms with Crippen LogP contribution < -0.4 is 5.73 Å². The summed E-state index contributed by atoms with van der Waals surface area (Å²) >= 11 is 0. The number of benzene rings is 1. The van der Waals surface area contributed by atoms with Gasteiger partial charge >= 0.3 is 0 Å². The number of nitrogens with two attached hydrogens (primary N) is 1. The lowest BCUT2D eigenvalue weighted by molar-refractivity contribution is 0.457. The van der Waals surface area contributed by atoms with E-state index in [9.17, 15) is 0 Å². The predicted octanol–water partition coefficient (Wildman–Crippen LogP) is 1.71. The molecule has 4 nitrogen and oxygen atoms in total. The second-order valence-electron chi connectivity index (χ2n) is 4.45. The first-order valence-corrected chi connectivity index (χ1v) is 5.84. The van der Waals surface area contributed by atoms with Crippen molar-refractivity contribution in [3.63, 3.8) is 0 Å². The molecule has 0 radical (unpaired) electrons. The summed E-state index contributed by atoms with van der Waals surface area (Å²) in [5.74, 6) is 0.932. The average Bonchev–Trinajstić information content (AvgIpc) is 2.77. The van der Waals surface area contributed by atoms with Gasteiger partial charge < -0.3 is 5.73 Å². The van der Waals surface area contributed by atoms with Crippen LogP contribution in [0.1, 0.15) is 25.2 Å². The van der Waals surface area contributed by atoms with E-state index in [2.05, 4.69) is 17.0 Å². The molecule has 1 heterocycles. The number of aromatic nitrogens is 3. The smallest absolute Gasteiger partial charge is 0.138 e. The van der Waals surface area contributed by atoms with Gasteiger partial charge in [-0.25, -0.2) is 4.98 Å². The van der Waals surface area contributed by atoms with Crippen LogP contribution in [0.4, 0.5) is 0 Å². The monoisotopic (exact) mass is 230 g/mol. The summed E-state index contributed by atoms with van der Waals surface area (Å²) < 4.78 is 1.88. The Morgan fingerprint density at radius 2 is 2.00 bits per heavy atom. The number of nitrogens with zero attached hydrogens (tertiary/aromatic N) is 3. The summed E-state index contributed by atoms with van der Waals surface area (Å²) in [5, 5.41) is 4.16. The molecule has 0 fully saturated rings. The summed E-state index contributed by atoms with van der Waals surface area (Å²) in [6.07, 6.45) is 2.27. The second kappa shape index (κ2) is 4.67. The SMILES string of the molecule is CCn1ncnc1CC(C)(N)c1ccccc1. The molecule has 0 spiro atoms. The van der Waals surface area contributed by atoms with Gasteiger partial charge in [0.1, 0.15) is 12.2 Å². The molecule has 2 rings (SSSR count). The molecule has 0 amide bonds. The van der Waals surface area contributed by atoms with Gasteiger partial charge in [0.15, 0.2) is 0 Å². The zero-order chi connectivity index (χ0) is 12.3. The summed E-state index contributed by atoms with van der Waals surface area (Å²) in [4.78, 5) is 4.27. The van der Waals surface area contributed by atoms with E-state index in [1.165, 1.54) is 0 Å². The highest BCUT2D eigenvalue weighted by Crippen LogP contribution is 2.21. The van der Waals surface area contributed by atoms with Gasteiger partial charge in [0.25, 0.3) is 0 Å². The van der Waals surface area contributed by atoms with Crippen LogP contribution in [-0.2, 0) is 18.5 Å². The Morgan fingerprint density at radius 1 is 1.29 bits per heavy atom. The normalized spacial score (nSPS) is 14.5. The van der Waals surface area contributed by atoms with E-state index in [1.807, 2.05) is 41.9 Å². The van der Waals surface area contributed by atoms with Crippen LogP contribution >= 0.6 is 0 Å². The highest BCUT2D eigenvalue weighted by Gasteiger charge is 2.23. The van der Waals surface area contributed by atoms with Gasteiger partial charge in [-0.1, -0.05) is 30.3 Å². The molecule has 4 heteroatoms. The number of hydrogen-bond donors (Lipinski definition) is 1. The lowest BCUT2D eigenvalue weighted by Gasteiger charge is -2.24. The minimum absolute atomic E-state index is 0.415. The second-order valence-corrected chi connectivity index (χ2v) is 4.45. The van der Waals surface area contributed by atoms with Crippen LogP contribution in [-0.4, -0.2) is 14.8 Å². The van der Waals surface area contributed by atoms with Crippen molar-refractivity contribution in [3.8, 4) is 0 Å². The fourth-order valence-corrected chi connectivity index (χ4v) is 1.94. The van der Waals surface area contributed by atoms with Crippen molar-refractivity contribution in [2.45, 2.75) is 32.4 Å². The van der Waals surface area contributed by atoms with Gasteiger partial charge in [-0.2, -0.15) is 5.10 Å². The van der Waals surface area contributed by atoms with Crippen LogP contribution in [0.15, 0.2) is 36.7 Å².